The Balaban J connectivity index is 1.66. The van der Waals surface area contributed by atoms with Crippen molar-refractivity contribution in [2.75, 3.05) is 12.4 Å². The van der Waals surface area contributed by atoms with Crippen LogP contribution in [0.15, 0.2) is 93.2 Å². The van der Waals surface area contributed by atoms with Crippen molar-refractivity contribution in [1.29, 1.82) is 0 Å². The number of nitrogens with one attached hydrogen (secondary N) is 1. The third-order valence-electron chi connectivity index (χ3n) is 4.83. The second-order valence-electron chi connectivity index (χ2n) is 7.06. The first-order valence-corrected chi connectivity index (χ1v) is 11.7. The molecule has 0 saturated heterocycles. The first-order valence-electron chi connectivity index (χ1n) is 9.87. The lowest BCUT2D eigenvalue weighted by molar-refractivity contribution is 0.414. The Morgan fingerprint density at radius 2 is 1.62 bits per heavy atom. The van der Waals surface area contributed by atoms with Crippen LogP contribution in [-0.2, 0) is 22.8 Å². The highest BCUT2D eigenvalue weighted by atomic mass is 35.5. The Morgan fingerprint density at radius 1 is 0.938 bits per heavy atom. The van der Waals surface area contributed by atoms with E-state index in [9.17, 15) is 8.42 Å². The van der Waals surface area contributed by atoms with Crippen LogP contribution in [0.3, 0.4) is 0 Å². The van der Waals surface area contributed by atoms with E-state index < -0.39 is 9.84 Å². The SMILES string of the molecule is COc1ccc(CNc2oc(Cc3ccccc3)nc2S(=O)(=O)c2ccc(Cl)cc2)cc1. The van der Waals surface area contributed by atoms with Crippen molar-refractivity contribution in [2.24, 2.45) is 0 Å². The Bertz CT molecular complexity index is 1290. The predicted molar refractivity (Wildman–Crippen MR) is 123 cm³/mol. The monoisotopic (exact) mass is 468 g/mol. The van der Waals surface area contributed by atoms with Gasteiger partial charge in [-0.05, 0) is 47.5 Å². The van der Waals surface area contributed by atoms with Crippen molar-refractivity contribution in [1.82, 2.24) is 4.98 Å². The molecule has 1 heterocycles. The van der Waals surface area contributed by atoms with Gasteiger partial charge >= 0.3 is 0 Å². The quantitative estimate of drug-likeness (QED) is 0.374. The second-order valence-corrected chi connectivity index (χ2v) is 9.36. The topological polar surface area (TPSA) is 81.4 Å². The Hall–Kier alpha value is -3.29. The minimum Gasteiger partial charge on any atom is -0.497 e. The fraction of sp³-hybridized carbons (Fsp3) is 0.125. The van der Waals surface area contributed by atoms with Gasteiger partial charge in [-0.25, -0.2) is 8.42 Å². The number of hydrogen-bond donors (Lipinski definition) is 1. The van der Waals surface area contributed by atoms with Crippen molar-refractivity contribution in [3.63, 3.8) is 0 Å². The summed E-state index contributed by atoms with van der Waals surface area (Å²) in [5, 5.41) is 3.38. The molecular formula is C24H21ClN2O4S. The molecule has 0 bridgehead atoms. The molecule has 32 heavy (non-hydrogen) atoms. The van der Waals surface area contributed by atoms with Gasteiger partial charge in [0, 0.05) is 18.0 Å². The van der Waals surface area contributed by atoms with E-state index in [0.717, 1.165) is 16.9 Å². The maximum atomic E-state index is 13.3. The van der Waals surface area contributed by atoms with Crippen molar-refractivity contribution in [3.05, 3.63) is 101 Å². The van der Waals surface area contributed by atoms with Crippen molar-refractivity contribution < 1.29 is 17.6 Å². The van der Waals surface area contributed by atoms with E-state index in [1.807, 2.05) is 54.6 Å². The number of anilines is 1. The van der Waals surface area contributed by atoms with Crippen LogP contribution in [0.1, 0.15) is 17.0 Å². The normalized spacial score (nSPS) is 11.3. The highest BCUT2D eigenvalue weighted by Crippen LogP contribution is 2.30. The van der Waals surface area contributed by atoms with Crippen LogP contribution in [0.2, 0.25) is 5.02 Å². The van der Waals surface area contributed by atoms with E-state index >= 15 is 0 Å². The number of halogens is 1. The van der Waals surface area contributed by atoms with Crippen molar-refractivity contribution in [3.8, 4) is 5.75 Å². The molecule has 0 aliphatic carbocycles. The number of sulfone groups is 1. The lowest BCUT2D eigenvalue weighted by Crippen LogP contribution is -2.07. The number of oxazole rings is 1. The first kappa shape index (κ1) is 21.9. The van der Waals surface area contributed by atoms with Gasteiger partial charge in [0.25, 0.3) is 0 Å². The molecule has 0 spiro atoms. The summed E-state index contributed by atoms with van der Waals surface area (Å²) >= 11 is 5.92. The molecule has 1 N–H and O–H groups in total. The molecule has 0 aliphatic rings. The number of nitrogens with zero attached hydrogens (tertiary/aromatic N) is 1. The van der Waals surface area contributed by atoms with Gasteiger partial charge in [-0.3, -0.25) is 0 Å². The largest absolute Gasteiger partial charge is 0.497 e. The van der Waals surface area contributed by atoms with E-state index in [1.54, 1.807) is 7.11 Å². The van der Waals surface area contributed by atoms with Crippen LogP contribution in [0.5, 0.6) is 5.75 Å². The number of aromatic nitrogens is 1. The number of rotatable bonds is 8. The molecule has 164 valence electrons. The molecule has 3 aromatic carbocycles. The van der Waals surface area contributed by atoms with Crippen LogP contribution in [-0.4, -0.2) is 20.5 Å². The van der Waals surface area contributed by atoms with Gasteiger partial charge in [0.1, 0.15) is 5.75 Å². The standard InChI is InChI=1S/C24H21ClN2O4S/c1-30-20-11-7-18(8-12-20)16-26-23-24(32(28,29)21-13-9-19(25)10-14-21)27-22(31-23)15-17-5-3-2-4-6-17/h2-14,26H,15-16H2,1H3. The van der Waals surface area contributed by atoms with Gasteiger partial charge in [-0.1, -0.05) is 54.1 Å². The molecule has 0 amide bonds. The smallest absolute Gasteiger partial charge is 0.233 e. The maximum Gasteiger partial charge on any atom is 0.233 e. The van der Waals surface area contributed by atoms with Crippen molar-refractivity contribution >= 4 is 27.3 Å². The van der Waals surface area contributed by atoms with Gasteiger partial charge in [0.15, 0.2) is 0 Å². The average molecular weight is 469 g/mol. The zero-order chi connectivity index (χ0) is 22.6. The molecule has 1 aromatic heterocycles. The lowest BCUT2D eigenvalue weighted by atomic mass is 10.2. The van der Waals surface area contributed by atoms with Crippen LogP contribution in [0, 0.1) is 0 Å². The van der Waals surface area contributed by atoms with Crippen LogP contribution < -0.4 is 10.1 Å². The van der Waals surface area contributed by atoms with E-state index in [1.165, 1.54) is 24.3 Å². The molecule has 0 fully saturated rings. The van der Waals surface area contributed by atoms with E-state index in [0.29, 0.717) is 23.9 Å². The summed E-state index contributed by atoms with van der Waals surface area (Å²) in [6, 6.07) is 23.0. The Labute approximate surface area is 191 Å². The van der Waals surface area contributed by atoms with Gasteiger partial charge < -0.3 is 14.5 Å². The van der Waals surface area contributed by atoms with E-state index in [-0.39, 0.29) is 15.8 Å². The van der Waals surface area contributed by atoms with Crippen LogP contribution in [0.4, 0.5) is 5.88 Å². The molecule has 0 radical (unpaired) electrons. The summed E-state index contributed by atoms with van der Waals surface area (Å²) in [5.74, 6) is 1.15. The van der Waals surface area contributed by atoms with Crippen LogP contribution in [0.25, 0.3) is 0 Å². The van der Waals surface area contributed by atoms with Gasteiger partial charge in [0.2, 0.25) is 26.6 Å². The molecule has 0 aliphatic heterocycles. The number of methoxy groups -OCH3 is 1. The molecule has 6 nitrogen and oxygen atoms in total. The molecule has 0 unspecified atom stereocenters. The fourth-order valence-electron chi connectivity index (χ4n) is 3.14. The van der Waals surface area contributed by atoms with Crippen molar-refractivity contribution in [2.45, 2.75) is 22.9 Å². The third-order valence-corrected chi connectivity index (χ3v) is 6.76. The molecule has 0 saturated carbocycles. The van der Waals surface area contributed by atoms with E-state index in [2.05, 4.69) is 10.3 Å². The molecule has 4 rings (SSSR count). The second kappa shape index (κ2) is 9.46. The first-order chi connectivity index (χ1) is 15.5. The Morgan fingerprint density at radius 3 is 2.28 bits per heavy atom. The molecule has 4 aromatic rings. The van der Waals surface area contributed by atoms with Gasteiger partial charge in [-0.15, -0.1) is 0 Å². The summed E-state index contributed by atoms with van der Waals surface area (Å²) in [5.41, 5.74) is 1.90. The summed E-state index contributed by atoms with van der Waals surface area (Å²) in [7, 11) is -2.32. The summed E-state index contributed by atoms with van der Waals surface area (Å²) in [4.78, 5) is 4.44. The van der Waals surface area contributed by atoms with Crippen LogP contribution >= 0.6 is 11.6 Å². The third kappa shape index (κ3) is 4.95. The Kier molecular flexibility index (Phi) is 6.48. The fourth-order valence-corrected chi connectivity index (χ4v) is 4.56. The van der Waals surface area contributed by atoms with Gasteiger partial charge in [-0.2, -0.15) is 4.98 Å². The highest BCUT2D eigenvalue weighted by molar-refractivity contribution is 7.91. The molecule has 8 heteroatoms. The zero-order valence-corrected chi connectivity index (χ0v) is 18.9. The van der Waals surface area contributed by atoms with E-state index in [4.69, 9.17) is 20.8 Å². The minimum atomic E-state index is -3.92. The summed E-state index contributed by atoms with van der Waals surface area (Å²) in [6.45, 7) is 0.354. The molecular weight excluding hydrogens is 448 g/mol. The lowest BCUT2D eigenvalue weighted by Gasteiger charge is -2.07. The zero-order valence-electron chi connectivity index (χ0n) is 17.3. The highest BCUT2D eigenvalue weighted by Gasteiger charge is 2.28. The number of hydrogen-bond acceptors (Lipinski definition) is 6. The predicted octanol–water partition coefficient (Wildman–Crippen LogP) is 5.37. The minimum absolute atomic E-state index is 0.0916. The number of ether oxygens (including phenoxy) is 1. The van der Waals surface area contributed by atoms with Gasteiger partial charge in [0.05, 0.1) is 12.0 Å². The summed E-state index contributed by atoms with van der Waals surface area (Å²) < 4.78 is 37.6. The maximum absolute atomic E-state index is 13.3. The number of benzene rings is 3. The summed E-state index contributed by atoms with van der Waals surface area (Å²) in [6.07, 6.45) is 0.369. The molecule has 0 atom stereocenters. The average Bonchev–Trinajstić information content (AvgIpc) is 3.22.